The molecule has 1 N–H and O–H groups in total. The molecule has 0 saturated carbocycles. The van der Waals surface area contributed by atoms with Gasteiger partial charge in [0.15, 0.2) is 0 Å². The third-order valence-electron chi connectivity index (χ3n) is 2.40. The van der Waals surface area contributed by atoms with Crippen LogP contribution in [0.25, 0.3) is 0 Å². The maximum Gasteiger partial charge on any atom is 0.00721 e. The predicted octanol–water partition coefficient (Wildman–Crippen LogP) is 1.92. The minimum Gasteiger partial charge on any atom is -0.319 e. The molecule has 0 heterocycles. The molecule has 0 aromatic heterocycles. The van der Waals surface area contributed by atoms with E-state index in [1.807, 2.05) is 7.05 Å². The van der Waals surface area contributed by atoms with E-state index in [1.54, 1.807) is 0 Å². The molecular weight excluding hydrogens is 192 g/mol. The van der Waals surface area contributed by atoms with Gasteiger partial charge in [-0.2, -0.15) is 11.8 Å². The first kappa shape index (κ1) is 14.3. The highest BCUT2D eigenvalue weighted by molar-refractivity contribution is 7.99. The van der Waals surface area contributed by atoms with Crippen LogP contribution >= 0.6 is 11.8 Å². The molecule has 86 valence electrons. The van der Waals surface area contributed by atoms with Crippen LogP contribution in [-0.2, 0) is 0 Å². The molecule has 0 saturated heterocycles. The van der Waals surface area contributed by atoms with E-state index < -0.39 is 0 Å². The van der Waals surface area contributed by atoms with Gasteiger partial charge in [-0.15, -0.1) is 0 Å². The standard InChI is InChI=1S/C11H26N2S/c1-5-13(6-2)7-8-14-10-11(3)9-12-4/h11-12H,5-10H2,1-4H3. The molecule has 0 aromatic rings. The zero-order chi connectivity index (χ0) is 10.8. The van der Waals surface area contributed by atoms with E-state index in [0.29, 0.717) is 0 Å². The third kappa shape index (κ3) is 7.65. The first-order chi connectivity index (χ1) is 6.74. The van der Waals surface area contributed by atoms with Crippen molar-refractivity contribution >= 4 is 11.8 Å². The quantitative estimate of drug-likeness (QED) is 0.595. The smallest absolute Gasteiger partial charge is 0.00721 e. The van der Waals surface area contributed by atoms with E-state index in [9.17, 15) is 0 Å². The van der Waals surface area contributed by atoms with Gasteiger partial charge in [0, 0.05) is 12.3 Å². The highest BCUT2D eigenvalue weighted by atomic mass is 32.2. The average molecular weight is 218 g/mol. The highest BCUT2D eigenvalue weighted by Gasteiger charge is 2.02. The van der Waals surface area contributed by atoms with Gasteiger partial charge >= 0.3 is 0 Å². The highest BCUT2D eigenvalue weighted by Crippen LogP contribution is 2.07. The third-order valence-corrected chi connectivity index (χ3v) is 3.68. The Morgan fingerprint density at radius 3 is 2.43 bits per heavy atom. The second-order valence-electron chi connectivity index (χ2n) is 3.76. The van der Waals surface area contributed by atoms with Crippen molar-refractivity contribution in [3.8, 4) is 0 Å². The van der Waals surface area contributed by atoms with Gasteiger partial charge in [0.05, 0.1) is 0 Å². The van der Waals surface area contributed by atoms with Gasteiger partial charge in [0.2, 0.25) is 0 Å². The second-order valence-corrected chi connectivity index (χ2v) is 4.91. The number of thioether (sulfide) groups is 1. The summed E-state index contributed by atoms with van der Waals surface area (Å²) in [6.45, 7) is 11.5. The van der Waals surface area contributed by atoms with Crippen molar-refractivity contribution in [1.29, 1.82) is 0 Å². The zero-order valence-corrected chi connectivity index (χ0v) is 11.0. The summed E-state index contributed by atoms with van der Waals surface area (Å²) >= 11 is 2.08. The Morgan fingerprint density at radius 1 is 1.29 bits per heavy atom. The molecular formula is C11H26N2S. The zero-order valence-electron chi connectivity index (χ0n) is 10.2. The van der Waals surface area contributed by atoms with Gasteiger partial charge in [0.1, 0.15) is 0 Å². The van der Waals surface area contributed by atoms with Crippen molar-refractivity contribution in [2.75, 3.05) is 44.7 Å². The molecule has 0 aliphatic heterocycles. The Kier molecular flexibility index (Phi) is 10.0. The van der Waals surface area contributed by atoms with Crippen molar-refractivity contribution in [1.82, 2.24) is 10.2 Å². The van der Waals surface area contributed by atoms with Gasteiger partial charge in [-0.05, 0) is 38.4 Å². The summed E-state index contributed by atoms with van der Waals surface area (Å²) in [6.07, 6.45) is 0. The number of nitrogens with one attached hydrogen (secondary N) is 1. The lowest BCUT2D eigenvalue weighted by atomic mass is 10.2. The first-order valence-corrected chi connectivity index (χ1v) is 6.84. The monoisotopic (exact) mass is 218 g/mol. The molecule has 2 nitrogen and oxygen atoms in total. The molecule has 1 unspecified atom stereocenters. The van der Waals surface area contributed by atoms with Crippen LogP contribution in [0, 0.1) is 5.92 Å². The fraction of sp³-hybridized carbons (Fsp3) is 1.00. The van der Waals surface area contributed by atoms with Gasteiger partial charge in [0.25, 0.3) is 0 Å². The molecule has 1 atom stereocenters. The maximum atomic E-state index is 3.22. The molecule has 0 aliphatic rings. The van der Waals surface area contributed by atoms with Crippen molar-refractivity contribution < 1.29 is 0 Å². The Morgan fingerprint density at radius 2 is 1.93 bits per heavy atom. The predicted molar refractivity (Wildman–Crippen MR) is 68.2 cm³/mol. The fourth-order valence-electron chi connectivity index (χ4n) is 1.43. The molecule has 0 amide bonds. The van der Waals surface area contributed by atoms with Crippen molar-refractivity contribution in [2.24, 2.45) is 5.92 Å². The number of nitrogens with zero attached hydrogens (tertiary/aromatic N) is 1. The summed E-state index contributed by atoms with van der Waals surface area (Å²) < 4.78 is 0. The van der Waals surface area contributed by atoms with Gasteiger partial charge < -0.3 is 10.2 Å². The van der Waals surface area contributed by atoms with Crippen LogP contribution in [0.3, 0.4) is 0 Å². The van der Waals surface area contributed by atoms with E-state index in [1.165, 1.54) is 31.1 Å². The summed E-state index contributed by atoms with van der Waals surface area (Å²) in [6, 6.07) is 0. The summed E-state index contributed by atoms with van der Waals surface area (Å²) in [4.78, 5) is 2.48. The SMILES string of the molecule is CCN(CC)CCSCC(C)CNC. The molecule has 0 radical (unpaired) electrons. The first-order valence-electron chi connectivity index (χ1n) is 5.69. The number of rotatable bonds is 9. The van der Waals surface area contributed by atoms with Gasteiger partial charge in [-0.25, -0.2) is 0 Å². The van der Waals surface area contributed by atoms with Gasteiger partial charge in [-0.3, -0.25) is 0 Å². The summed E-state index contributed by atoms with van der Waals surface area (Å²) in [7, 11) is 2.02. The molecule has 0 fully saturated rings. The molecule has 0 bridgehead atoms. The Labute approximate surface area is 93.8 Å². The molecule has 14 heavy (non-hydrogen) atoms. The topological polar surface area (TPSA) is 15.3 Å². The number of hydrogen-bond acceptors (Lipinski definition) is 3. The minimum absolute atomic E-state index is 0.793. The van der Waals surface area contributed by atoms with Crippen LogP contribution in [0.5, 0.6) is 0 Å². The Balaban J connectivity index is 3.27. The fourth-order valence-corrected chi connectivity index (χ4v) is 2.50. The molecule has 0 rings (SSSR count). The van der Waals surface area contributed by atoms with Crippen molar-refractivity contribution in [2.45, 2.75) is 20.8 Å². The van der Waals surface area contributed by atoms with Crippen LogP contribution in [0.15, 0.2) is 0 Å². The summed E-state index contributed by atoms with van der Waals surface area (Å²) in [5.41, 5.74) is 0. The van der Waals surface area contributed by atoms with E-state index in [2.05, 4.69) is 42.7 Å². The number of hydrogen-bond donors (Lipinski definition) is 1. The van der Waals surface area contributed by atoms with E-state index in [-0.39, 0.29) is 0 Å². The van der Waals surface area contributed by atoms with Crippen LogP contribution in [0.1, 0.15) is 20.8 Å². The average Bonchev–Trinajstić information content (AvgIpc) is 2.19. The van der Waals surface area contributed by atoms with E-state index in [4.69, 9.17) is 0 Å². The summed E-state index contributed by atoms with van der Waals surface area (Å²) in [5.74, 6) is 3.35. The largest absolute Gasteiger partial charge is 0.319 e. The van der Waals surface area contributed by atoms with Crippen LogP contribution in [-0.4, -0.2) is 49.6 Å². The van der Waals surface area contributed by atoms with Crippen LogP contribution in [0.2, 0.25) is 0 Å². The van der Waals surface area contributed by atoms with Crippen LogP contribution in [0.4, 0.5) is 0 Å². The maximum absolute atomic E-state index is 3.22. The van der Waals surface area contributed by atoms with E-state index in [0.717, 1.165) is 12.5 Å². The van der Waals surface area contributed by atoms with Crippen molar-refractivity contribution in [3.05, 3.63) is 0 Å². The molecule has 3 heteroatoms. The van der Waals surface area contributed by atoms with Crippen LogP contribution < -0.4 is 5.32 Å². The lowest BCUT2D eigenvalue weighted by molar-refractivity contribution is 0.324. The van der Waals surface area contributed by atoms with Crippen molar-refractivity contribution in [3.63, 3.8) is 0 Å². The lowest BCUT2D eigenvalue weighted by Gasteiger charge is -2.18. The van der Waals surface area contributed by atoms with Gasteiger partial charge in [-0.1, -0.05) is 20.8 Å². The molecule has 0 spiro atoms. The lowest BCUT2D eigenvalue weighted by Crippen LogP contribution is -2.26. The molecule has 0 aliphatic carbocycles. The Bertz CT molecular complexity index is 116. The Hall–Kier alpha value is 0.270. The second kappa shape index (κ2) is 9.81. The van der Waals surface area contributed by atoms with E-state index >= 15 is 0 Å². The molecule has 0 aromatic carbocycles. The summed E-state index contributed by atoms with van der Waals surface area (Å²) in [5, 5.41) is 3.22. The minimum atomic E-state index is 0.793. The normalized spacial score (nSPS) is 13.5.